The highest BCUT2D eigenvalue weighted by molar-refractivity contribution is 5.16. The third-order valence-corrected chi connectivity index (χ3v) is 1.49. The Morgan fingerprint density at radius 2 is 2.00 bits per heavy atom. The lowest BCUT2D eigenvalue weighted by atomic mass is 10.1. The lowest BCUT2D eigenvalue weighted by Crippen LogP contribution is -2.15. The maximum atomic E-state index is 9.47. The standard InChI is InChI=1S/C8H13NO/c1-6-4-5-7(9-6)8(2,3)10/h4-5,9-10H,1-3H3. The van der Waals surface area contributed by atoms with E-state index in [2.05, 4.69) is 4.98 Å². The van der Waals surface area contributed by atoms with Gasteiger partial charge in [0, 0.05) is 11.4 Å². The molecule has 0 saturated carbocycles. The second-order valence-electron chi connectivity index (χ2n) is 3.11. The van der Waals surface area contributed by atoms with Gasteiger partial charge in [0.1, 0.15) is 0 Å². The van der Waals surface area contributed by atoms with Crippen LogP contribution in [0.4, 0.5) is 0 Å². The van der Waals surface area contributed by atoms with Gasteiger partial charge in [-0.1, -0.05) is 0 Å². The first kappa shape index (κ1) is 7.35. The summed E-state index contributed by atoms with van der Waals surface area (Å²) in [5.41, 5.74) is 1.20. The van der Waals surface area contributed by atoms with Crippen molar-refractivity contribution in [3.05, 3.63) is 23.5 Å². The Morgan fingerprint density at radius 3 is 2.20 bits per heavy atom. The predicted octanol–water partition coefficient (Wildman–Crippen LogP) is 1.55. The number of hydrogen-bond acceptors (Lipinski definition) is 1. The second kappa shape index (κ2) is 2.13. The smallest absolute Gasteiger partial charge is 0.0987 e. The molecule has 1 aromatic heterocycles. The van der Waals surface area contributed by atoms with Crippen molar-refractivity contribution in [3.63, 3.8) is 0 Å². The summed E-state index contributed by atoms with van der Waals surface area (Å²) in [5.74, 6) is 0. The molecule has 1 heterocycles. The van der Waals surface area contributed by atoms with Crippen LogP contribution >= 0.6 is 0 Å². The molecular formula is C8H13NO. The number of hydrogen-bond donors (Lipinski definition) is 2. The summed E-state index contributed by atoms with van der Waals surface area (Å²) in [6, 6.07) is 3.85. The maximum absolute atomic E-state index is 9.47. The molecule has 56 valence electrons. The molecule has 0 radical (unpaired) electrons. The number of nitrogens with one attached hydrogen (secondary N) is 1. The zero-order chi connectivity index (χ0) is 7.78. The van der Waals surface area contributed by atoms with Crippen molar-refractivity contribution in [2.24, 2.45) is 0 Å². The molecule has 0 bridgehead atoms. The molecule has 0 aliphatic heterocycles. The van der Waals surface area contributed by atoms with Crippen molar-refractivity contribution in [2.45, 2.75) is 26.4 Å². The first-order valence-electron chi connectivity index (χ1n) is 3.38. The molecule has 1 aromatic rings. The molecule has 0 fully saturated rings. The van der Waals surface area contributed by atoms with Gasteiger partial charge in [-0.15, -0.1) is 0 Å². The van der Waals surface area contributed by atoms with Crippen molar-refractivity contribution in [1.82, 2.24) is 4.98 Å². The summed E-state index contributed by atoms with van der Waals surface area (Å²) >= 11 is 0. The van der Waals surface area contributed by atoms with Gasteiger partial charge in [-0.25, -0.2) is 0 Å². The van der Waals surface area contributed by atoms with Gasteiger partial charge in [0.05, 0.1) is 5.60 Å². The highest BCUT2D eigenvalue weighted by Crippen LogP contribution is 2.17. The topological polar surface area (TPSA) is 36.0 Å². The summed E-state index contributed by atoms with van der Waals surface area (Å²) in [6.07, 6.45) is 0. The van der Waals surface area contributed by atoms with E-state index in [1.807, 2.05) is 19.1 Å². The summed E-state index contributed by atoms with van der Waals surface area (Å²) in [4.78, 5) is 3.07. The molecule has 2 nitrogen and oxygen atoms in total. The minimum atomic E-state index is -0.742. The molecule has 2 heteroatoms. The zero-order valence-corrected chi connectivity index (χ0v) is 6.60. The number of aromatic amines is 1. The molecule has 0 spiro atoms. The van der Waals surface area contributed by atoms with Gasteiger partial charge in [-0.3, -0.25) is 0 Å². The molecule has 0 aliphatic rings. The maximum Gasteiger partial charge on any atom is 0.0987 e. The summed E-state index contributed by atoms with van der Waals surface area (Å²) in [5, 5.41) is 9.47. The third kappa shape index (κ3) is 1.39. The van der Waals surface area contributed by atoms with E-state index in [1.54, 1.807) is 13.8 Å². The van der Waals surface area contributed by atoms with E-state index in [9.17, 15) is 5.11 Å². The molecule has 0 aliphatic carbocycles. The highest BCUT2D eigenvalue weighted by Gasteiger charge is 2.16. The van der Waals surface area contributed by atoms with E-state index in [0.717, 1.165) is 11.4 Å². The fourth-order valence-electron chi connectivity index (χ4n) is 0.861. The molecule has 0 saturated heterocycles. The van der Waals surface area contributed by atoms with E-state index in [4.69, 9.17) is 0 Å². The van der Waals surface area contributed by atoms with Gasteiger partial charge in [0.2, 0.25) is 0 Å². The Hall–Kier alpha value is -0.760. The van der Waals surface area contributed by atoms with Gasteiger partial charge in [0.25, 0.3) is 0 Å². The first-order valence-corrected chi connectivity index (χ1v) is 3.38. The van der Waals surface area contributed by atoms with Crippen LogP contribution in [0.3, 0.4) is 0 Å². The minimum Gasteiger partial charge on any atom is -0.384 e. The van der Waals surface area contributed by atoms with Gasteiger partial charge < -0.3 is 10.1 Å². The first-order chi connectivity index (χ1) is 4.50. The third-order valence-electron chi connectivity index (χ3n) is 1.49. The van der Waals surface area contributed by atoms with Crippen LogP contribution in [0.15, 0.2) is 12.1 Å². The fraction of sp³-hybridized carbons (Fsp3) is 0.500. The van der Waals surface area contributed by atoms with Crippen LogP contribution in [-0.4, -0.2) is 10.1 Å². The molecule has 0 unspecified atom stereocenters. The van der Waals surface area contributed by atoms with Crippen LogP contribution < -0.4 is 0 Å². The van der Waals surface area contributed by atoms with Gasteiger partial charge in [0.15, 0.2) is 0 Å². The molecule has 2 N–H and O–H groups in total. The quantitative estimate of drug-likeness (QED) is 0.608. The van der Waals surface area contributed by atoms with Crippen LogP contribution in [0.2, 0.25) is 0 Å². The lowest BCUT2D eigenvalue weighted by molar-refractivity contribution is 0.0743. The Balaban J connectivity index is 2.96. The van der Waals surface area contributed by atoms with Crippen LogP contribution in [0.5, 0.6) is 0 Å². The average molecular weight is 139 g/mol. The number of aliphatic hydroxyl groups is 1. The molecular weight excluding hydrogens is 126 g/mol. The zero-order valence-electron chi connectivity index (χ0n) is 6.60. The number of H-pyrrole nitrogens is 1. The van der Waals surface area contributed by atoms with E-state index in [-0.39, 0.29) is 0 Å². The molecule has 1 rings (SSSR count). The van der Waals surface area contributed by atoms with Crippen molar-refractivity contribution < 1.29 is 5.11 Å². The van der Waals surface area contributed by atoms with Crippen LogP contribution in [0.25, 0.3) is 0 Å². The summed E-state index contributed by atoms with van der Waals surface area (Å²) < 4.78 is 0. The van der Waals surface area contributed by atoms with E-state index in [0.29, 0.717) is 0 Å². The molecule has 0 atom stereocenters. The molecule has 0 aromatic carbocycles. The van der Waals surface area contributed by atoms with E-state index >= 15 is 0 Å². The Morgan fingerprint density at radius 1 is 1.40 bits per heavy atom. The lowest BCUT2D eigenvalue weighted by Gasteiger charge is -2.14. The van der Waals surface area contributed by atoms with Crippen molar-refractivity contribution in [2.75, 3.05) is 0 Å². The highest BCUT2D eigenvalue weighted by atomic mass is 16.3. The van der Waals surface area contributed by atoms with E-state index in [1.165, 1.54) is 0 Å². The van der Waals surface area contributed by atoms with Gasteiger partial charge in [-0.05, 0) is 32.9 Å². The number of rotatable bonds is 1. The van der Waals surface area contributed by atoms with Crippen molar-refractivity contribution in [1.29, 1.82) is 0 Å². The average Bonchev–Trinajstić information content (AvgIpc) is 2.11. The Kier molecular flexibility index (Phi) is 1.57. The normalized spacial score (nSPS) is 12.0. The predicted molar refractivity (Wildman–Crippen MR) is 40.8 cm³/mol. The van der Waals surface area contributed by atoms with Gasteiger partial charge >= 0.3 is 0 Å². The Labute approximate surface area is 60.9 Å². The van der Waals surface area contributed by atoms with Crippen molar-refractivity contribution in [3.8, 4) is 0 Å². The number of aromatic nitrogens is 1. The van der Waals surface area contributed by atoms with E-state index < -0.39 is 5.60 Å². The molecule has 0 amide bonds. The largest absolute Gasteiger partial charge is 0.384 e. The van der Waals surface area contributed by atoms with Crippen LogP contribution in [-0.2, 0) is 5.60 Å². The van der Waals surface area contributed by atoms with Crippen LogP contribution in [0, 0.1) is 6.92 Å². The number of aryl methyl sites for hydroxylation is 1. The van der Waals surface area contributed by atoms with Gasteiger partial charge in [-0.2, -0.15) is 0 Å². The minimum absolute atomic E-state index is 0.742. The fourth-order valence-corrected chi connectivity index (χ4v) is 0.861. The molecule has 10 heavy (non-hydrogen) atoms. The van der Waals surface area contributed by atoms with Crippen molar-refractivity contribution >= 4 is 0 Å². The van der Waals surface area contributed by atoms with Crippen LogP contribution in [0.1, 0.15) is 25.2 Å². The Bertz CT molecular complexity index is 219. The monoisotopic (exact) mass is 139 g/mol. The SMILES string of the molecule is Cc1ccc(C(C)(C)O)[nH]1. The summed E-state index contributed by atoms with van der Waals surface area (Å²) in [7, 11) is 0. The summed E-state index contributed by atoms with van der Waals surface area (Å²) in [6.45, 7) is 5.49. The second-order valence-corrected chi connectivity index (χ2v) is 3.11.